The zero-order valence-corrected chi connectivity index (χ0v) is 8.63. The average molecular weight is 182 g/mol. The highest BCUT2D eigenvalue weighted by atomic mass is 16.4. The van der Waals surface area contributed by atoms with Crippen LogP contribution in [0.4, 0.5) is 0 Å². The SMILES string of the molecule is CCC/C=C/C1(C(=O)O)CC1(C)C. The van der Waals surface area contributed by atoms with E-state index in [1.54, 1.807) is 0 Å². The molecule has 74 valence electrons. The number of carboxylic acids is 1. The van der Waals surface area contributed by atoms with Crippen LogP contribution < -0.4 is 0 Å². The lowest BCUT2D eigenvalue weighted by molar-refractivity contribution is -0.142. The van der Waals surface area contributed by atoms with Gasteiger partial charge in [-0.15, -0.1) is 0 Å². The van der Waals surface area contributed by atoms with Gasteiger partial charge in [0.2, 0.25) is 0 Å². The number of unbranched alkanes of at least 4 members (excludes halogenated alkanes) is 1. The summed E-state index contributed by atoms with van der Waals surface area (Å²) in [6.07, 6.45) is 6.72. The van der Waals surface area contributed by atoms with Gasteiger partial charge in [-0.05, 0) is 18.3 Å². The quantitative estimate of drug-likeness (QED) is 0.679. The third-order valence-corrected chi connectivity index (χ3v) is 3.04. The minimum atomic E-state index is -0.676. The molecule has 0 spiro atoms. The van der Waals surface area contributed by atoms with Crippen molar-refractivity contribution in [2.24, 2.45) is 10.8 Å². The molecule has 1 aliphatic rings. The Hall–Kier alpha value is -0.790. The molecule has 0 aromatic heterocycles. The molecule has 0 aromatic rings. The Labute approximate surface area is 79.6 Å². The number of aliphatic carboxylic acids is 1. The second-order valence-electron chi connectivity index (χ2n) is 4.53. The number of hydrogen-bond donors (Lipinski definition) is 1. The first-order valence-electron chi connectivity index (χ1n) is 4.87. The summed E-state index contributed by atoms with van der Waals surface area (Å²) in [5, 5.41) is 9.09. The summed E-state index contributed by atoms with van der Waals surface area (Å²) in [6, 6.07) is 0. The Bertz CT molecular complexity index is 240. The van der Waals surface area contributed by atoms with Crippen LogP contribution in [0.1, 0.15) is 40.0 Å². The minimum Gasteiger partial charge on any atom is -0.481 e. The summed E-state index contributed by atoms with van der Waals surface area (Å²) in [6.45, 7) is 6.12. The number of hydrogen-bond acceptors (Lipinski definition) is 1. The Morgan fingerprint density at radius 3 is 2.38 bits per heavy atom. The lowest BCUT2D eigenvalue weighted by Crippen LogP contribution is -2.18. The van der Waals surface area contributed by atoms with E-state index in [9.17, 15) is 4.79 Å². The molecule has 0 aromatic carbocycles. The standard InChI is InChI=1S/C11H18O2/c1-4-5-6-7-11(9(12)13)8-10(11,2)3/h6-7H,4-5,8H2,1-3H3,(H,12,13)/b7-6+. The fraction of sp³-hybridized carbons (Fsp3) is 0.727. The predicted octanol–water partition coefficient (Wildman–Crippen LogP) is 2.84. The van der Waals surface area contributed by atoms with E-state index >= 15 is 0 Å². The molecule has 1 aliphatic carbocycles. The van der Waals surface area contributed by atoms with E-state index in [2.05, 4.69) is 6.92 Å². The van der Waals surface area contributed by atoms with Gasteiger partial charge in [-0.1, -0.05) is 39.3 Å². The van der Waals surface area contributed by atoms with Crippen LogP contribution in [-0.4, -0.2) is 11.1 Å². The molecule has 13 heavy (non-hydrogen) atoms. The van der Waals surface area contributed by atoms with Gasteiger partial charge in [0, 0.05) is 0 Å². The Morgan fingerprint density at radius 2 is 2.08 bits per heavy atom. The molecule has 0 aliphatic heterocycles. The van der Waals surface area contributed by atoms with Crippen LogP contribution in [0.25, 0.3) is 0 Å². The molecule has 2 heteroatoms. The third-order valence-electron chi connectivity index (χ3n) is 3.04. The van der Waals surface area contributed by atoms with E-state index in [4.69, 9.17) is 5.11 Å². The average Bonchev–Trinajstić information content (AvgIpc) is 2.56. The zero-order chi connectivity index (χ0) is 10.1. The normalized spacial score (nSPS) is 30.7. The van der Waals surface area contributed by atoms with Crippen molar-refractivity contribution in [2.45, 2.75) is 40.0 Å². The highest BCUT2D eigenvalue weighted by Crippen LogP contribution is 2.64. The van der Waals surface area contributed by atoms with Crippen LogP contribution >= 0.6 is 0 Å². The van der Waals surface area contributed by atoms with E-state index in [1.807, 2.05) is 26.0 Å². The maximum atomic E-state index is 11.0. The van der Waals surface area contributed by atoms with Crippen molar-refractivity contribution >= 4 is 5.97 Å². The van der Waals surface area contributed by atoms with Crippen molar-refractivity contribution in [3.05, 3.63) is 12.2 Å². The van der Waals surface area contributed by atoms with E-state index < -0.39 is 11.4 Å². The van der Waals surface area contributed by atoms with Gasteiger partial charge >= 0.3 is 5.97 Å². The molecule has 0 amide bonds. The number of rotatable bonds is 4. The van der Waals surface area contributed by atoms with Gasteiger partial charge < -0.3 is 5.11 Å². The van der Waals surface area contributed by atoms with E-state index in [1.165, 1.54) is 0 Å². The molecule has 1 atom stereocenters. The molecule has 0 bridgehead atoms. The maximum Gasteiger partial charge on any atom is 0.314 e. The fourth-order valence-corrected chi connectivity index (χ4v) is 1.82. The van der Waals surface area contributed by atoms with Gasteiger partial charge in [-0.2, -0.15) is 0 Å². The topological polar surface area (TPSA) is 37.3 Å². The first kappa shape index (κ1) is 10.3. The minimum absolute atomic E-state index is 0.0525. The summed E-state index contributed by atoms with van der Waals surface area (Å²) in [4.78, 5) is 11.0. The Morgan fingerprint density at radius 1 is 1.54 bits per heavy atom. The summed E-state index contributed by atoms with van der Waals surface area (Å²) in [5.74, 6) is -0.676. The summed E-state index contributed by atoms with van der Waals surface area (Å²) in [5.41, 5.74) is -0.620. The molecule has 0 saturated heterocycles. The molecule has 1 fully saturated rings. The van der Waals surface area contributed by atoms with Crippen molar-refractivity contribution < 1.29 is 9.90 Å². The zero-order valence-electron chi connectivity index (χ0n) is 8.63. The fourth-order valence-electron chi connectivity index (χ4n) is 1.82. The maximum absolute atomic E-state index is 11.0. The van der Waals surface area contributed by atoms with Gasteiger partial charge in [0.1, 0.15) is 0 Å². The second kappa shape index (κ2) is 3.17. The van der Waals surface area contributed by atoms with Crippen molar-refractivity contribution in [2.75, 3.05) is 0 Å². The van der Waals surface area contributed by atoms with Crippen LogP contribution in [0.2, 0.25) is 0 Å². The smallest absolute Gasteiger partial charge is 0.314 e. The van der Waals surface area contributed by atoms with Crippen LogP contribution in [0.5, 0.6) is 0 Å². The van der Waals surface area contributed by atoms with Crippen LogP contribution in [0.15, 0.2) is 12.2 Å². The van der Waals surface area contributed by atoms with Crippen molar-refractivity contribution in [3.63, 3.8) is 0 Å². The van der Waals surface area contributed by atoms with E-state index in [-0.39, 0.29) is 5.41 Å². The molecule has 1 saturated carbocycles. The second-order valence-corrected chi connectivity index (χ2v) is 4.53. The summed E-state index contributed by atoms with van der Waals surface area (Å²) >= 11 is 0. The molecular formula is C11H18O2. The molecule has 0 radical (unpaired) electrons. The highest BCUT2D eigenvalue weighted by molar-refractivity contribution is 5.82. The third kappa shape index (κ3) is 1.62. The lowest BCUT2D eigenvalue weighted by Gasteiger charge is -2.09. The molecule has 1 N–H and O–H groups in total. The Balaban J connectivity index is 2.68. The summed E-state index contributed by atoms with van der Waals surface area (Å²) in [7, 11) is 0. The summed E-state index contributed by atoms with van der Waals surface area (Å²) < 4.78 is 0. The number of allylic oxidation sites excluding steroid dienone is 1. The Kier molecular flexibility index (Phi) is 2.51. The highest BCUT2D eigenvalue weighted by Gasteiger charge is 2.64. The predicted molar refractivity (Wildman–Crippen MR) is 52.5 cm³/mol. The van der Waals surface area contributed by atoms with Gasteiger partial charge in [0.15, 0.2) is 0 Å². The van der Waals surface area contributed by atoms with Crippen molar-refractivity contribution in [1.82, 2.24) is 0 Å². The first-order chi connectivity index (χ1) is 5.96. The van der Waals surface area contributed by atoms with Crippen LogP contribution in [0.3, 0.4) is 0 Å². The molecular weight excluding hydrogens is 164 g/mol. The van der Waals surface area contributed by atoms with Crippen LogP contribution in [0, 0.1) is 10.8 Å². The molecule has 0 heterocycles. The van der Waals surface area contributed by atoms with Gasteiger partial charge in [0.05, 0.1) is 5.41 Å². The number of carboxylic acid groups (broad SMARTS) is 1. The monoisotopic (exact) mass is 182 g/mol. The van der Waals surface area contributed by atoms with Gasteiger partial charge in [0.25, 0.3) is 0 Å². The largest absolute Gasteiger partial charge is 0.481 e. The van der Waals surface area contributed by atoms with Crippen LogP contribution in [-0.2, 0) is 4.79 Å². The molecule has 2 nitrogen and oxygen atoms in total. The molecule has 1 unspecified atom stereocenters. The van der Waals surface area contributed by atoms with Crippen molar-refractivity contribution in [1.29, 1.82) is 0 Å². The van der Waals surface area contributed by atoms with Gasteiger partial charge in [-0.3, -0.25) is 4.79 Å². The lowest BCUT2D eigenvalue weighted by atomic mass is 9.95. The van der Waals surface area contributed by atoms with Gasteiger partial charge in [-0.25, -0.2) is 0 Å². The molecule has 1 rings (SSSR count). The van der Waals surface area contributed by atoms with E-state index in [0.717, 1.165) is 19.3 Å². The number of carbonyl (C=O) groups is 1. The van der Waals surface area contributed by atoms with E-state index in [0.29, 0.717) is 0 Å². The first-order valence-corrected chi connectivity index (χ1v) is 4.87. The van der Waals surface area contributed by atoms with Crippen molar-refractivity contribution in [3.8, 4) is 0 Å².